The molecule has 2 rings (SSSR count). The van der Waals surface area contributed by atoms with Gasteiger partial charge in [-0.3, -0.25) is 4.90 Å². The van der Waals surface area contributed by atoms with Gasteiger partial charge < -0.3 is 5.32 Å². The van der Waals surface area contributed by atoms with E-state index in [1.165, 1.54) is 18.9 Å². The summed E-state index contributed by atoms with van der Waals surface area (Å²) in [6.45, 7) is 6.73. The number of hydrogen-bond donors (Lipinski definition) is 1. The molecule has 106 valence electrons. The zero-order chi connectivity index (χ0) is 13.8. The average Bonchev–Trinajstić information content (AvgIpc) is 2.84. The van der Waals surface area contributed by atoms with Crippen LogP contribution in [0.4, 0.5) is 8.78 Å². The molecule has 0 spiro atoms. The molecular formula is C15H22F2N2. The molecule has 1 fully saturated rings. The molecule has 1 unspecified atom stereocenters. The summed E-state index contributed by atoms with van der Waals surface area (Å²) in [6, 6.07) is 4.66. The maximum atomic E-state index is 13.7. The van der Waals surface area contributed by atoms with Gasteiger partial charge in [-0.2, -0.15) is 0 Å². The summed E-state index contributed by atoms with van der Waals surface area (Å²) in [5.74, 6) is -0.972. The number of hydrogen-bond acceptors (Lipinski definition) is 2. The largest absolute Gasteiger partial charge is 0.313 e. The van der Waals surface area contributed by atoms with Crippen molar-refractivity contribution >= 4 is 0 Å². The molecule has 1 aliphatic rings. The zero-order valence-corrected chi connectivity index (χ0v) is 11.6. The van der Waals surface area contributed by atoms with Gasteiger partial charge >= 0.3 is 0 Å². The van der Waals surface area contributed by atoms with Crippen molar-refractivity contribution in [2.45, 2.75) is 45.3 Å². The van der Waals surface area contributed by atoms with E-state index >= 15 is 0 Å². The molecule has 0 radical (unpaired) electrons. The summed E-state index contributed by atoms with van der Waals surface area (Å²) in [4.78, 5) is 2.24. The zero-order valence-electron chi connectivity index (χ0n) is 11.6. The Morgan fingerprint density at radius 2 is 2.16 bits per heavy atom. The molecule has 2 nitrogen and oxygen atoms in total. The normalized spacial score (nSPS) is 19.6. The first kappa shape index (κ1) is 14.4. The van der Waals surface area contributed by atoms with Crippen molar-refractivity contribution < 1.29 is 8.78 Å². The lowest BCUT2D eigenvalue weighted by Gasteiger charge is -2.29. The molecule has 1 saturated heterocycles. The maximum Gasteiger partial charge on any atom is 0.130 e. The highest BCUT2D eigenvalue weighted by molar-refractivity contribution is 5.18. The molecule has 0 amide bonds. The molecule has 1 heterocycles. The quantitative estimate of drug-likeness (QED) is 0.883. The van der Waals surface area contributed by atoms with E-state index < -0.39 is 11.6 Å². The minimum absolute atomic E-state index is 0.340. The van der Waals surface area contributed by atoms with Crippen molar-refractivity contribution in [3.8, 4) is 0 Å². The number of nitrogens with zero attached hydrogens (tertiary/aromatic N) is 1. The number of benzene rings is 1. The van der Waals surface area contributed by atoms with E-state index in [0.717, 1.165) is 19.2 Å². The highest BCUT2D eigenvalue weighted by Gasteiger charge is 2.20. The van der Waals surface area contributed by atoms with E-state index in [1.54, 1.807) is 6.07 Å². The summed E-state index contributed by atoms with van der Waals surface area (Å²) in [5, 5.41) is 3.46. The van der Waals surface area contributed by atoms with Crippen molar-refractivity contribution in [2.75, 3.05) is 13.1 Å². The van der Waals surface area contributed by atoms with Crippen molar-refractivity contribution in [3.63, 3.8) is 0 Å². The first-order valence-electron chi connectivity index (χ1n) is 6.97. The van der Waals surface area contributed by atoms with Gasteiger partial charge in [0.25, 0.3) is 0 Å². The van der Waals surface area contributed by atoms with Gasteiger partial charge in [0.05, 0.1) is 0 Å². The molecule has 1 aromatic carbocycles. The van der Waals surface area contributed by atoms with Gasteiger partial charge in [0.15, 0.2) is 0 Å². The molecule has 1 N–H and O–H groups in total. The summed E-state index contributed by atoms with van der Waals surface area (Å²) in [6.07, 6.45) is 2.39. The van der Waals surface area contributed by atoms with Crippen LogP contribution in [0.1, 0.15) is 32.3 Å². The molecule has 1 atom stereocenters. The predicted octanol–water partition coefficient (Wildman–Crippen LogP) is 2.93. The van der Waals surface area contributed by atoms with Crippen molar-refractivity contribution in [2.24, 2.45) is 0 Å². The van der Waals surface area contributed by atoms with E-state index in [9.17, 15) is 8.78 Å². The average molecular weight is 268 g/mol. The van der Waals surface area contributed by atoms with Crippen molar-refractivity contribution in [1.82, 2.24) is 10.2 Å². The van der Waals surface area contributed by atoms with E-state index in [-0.39, 0.29) is 0 Å². The third-order valence-electron chi connectivity index (χ3n) is 3.74. The second-order valence-electron chi connectivity index (χ2n) is 5.55. The van der Waals surface area contributed by atoms with Crippen LogP contribution in [-0.4, -0.2) is 30.1 Å². The molecule has 0 bridgehead atoms. The third-order valence-corrected chi connectivity index (χ3v) is 3.74. The lowest BCUT2D eigenvalue weighted by molar-refractivity contribution is 0.191. The standard InChI is InChI=1S/C15H22F2N2/c1-11(2)19(10-14-4-3-7-18-14)9-12-5-6-13(16)8-15(12)17/h5-6,8,11,14,18H,3-4,7,9-10H2,1-2H3. The van der Waals surface area contributed by atoms with Gasteiger partial charge in [0, 0.05) is 36.8 Å². The Hall–Kier alpha value is -1.00. The Kier molecular flexibility index (Phi) is 4.88. The van der Waals surface area contributed by atoms with Gasteiger partial charge in [-0.15, -0.1) is 0 Å². The van der Waals surface area contributed by atoms with Gasteiger partial charge in [-0.1, -0.05) is 6.07 Å². The highest BCUT2D eigenvalue weighted by Crippen LogP contribution is 2.16. The van der Waals surface area contributed by atoms with E-state index in [2.05, 4.69) is 24.1 Å². The molecule has 0 aliphatic carbocycles. The van der Waals surface area contributed by atoms with Crippen molar-refractivity contribution in [3.05, 3.63) is 35.4 Å². The Morgan fingerprint density at radius 1 is 1.37 bits per heavy atom. The van der Waals surface area contributed by atoms with Crippen LogP contribution in [0.3, 0.4) is 0 Å². The number of nitrogens with one attached hydrogen (secondary N) is 1. The van der Waals surface area contributed by atoms with Crippen LogP contribution in [-0.2, 0) is 6.54 Å². The monoisotopic (exact) mass is 268 g/mol. The number of rotatable bonds is 5. The molecule has 1 aromatic rings. The fraction of sp³-hybridized carbons (Fsp3) is 0.600. The fourth-order valence-electron chi connectivity index (χ4n) is 2.52. The summed E-state index contributed by atoms with van der Waals surface area (Å²) in [5.41, 5.74) is 0.563. The first-order chi connectivity index (χ1) is 9.06. The van der Waals surface area contributed by atoms with Crippen LogP contribution < -0.4 is 5.32 Å². The minimum Gasteiger partial charge on any atom is -0.313 e. The molecule has 0 aromatic heterocycles. The van der Waals surface area contributed by atoms with E-state index in [1.807, 2.05) is 0 Å². The highest BCUT2D eigenvalue weighted by atomic mass is 19.1. The Labute approximate surface area is 113 Å². The molecule has 19 heavy (non-hydrogen) atoms. The van der Waals surface area contributed by atoms with E-state index in [4.69, 9.17) is 0 Å². The molecule has 1 aliphatic heterocycles. The molecule has 0 saturated carbocycles. The van der Waals surface area contributed by atoms with Crippen LogP contribution in [0.5, 0.6) is 0 Å². The minimum atomic E-state index is -0.519. The summed E-state index contributed by atoms with van der Waals surface area (Å²) < 4.78 is 26.6. The van der Waals surface area contributed by atoms with Gasteiger partial charge in [-0.25, -0.2) is 8.78 Å². The second kappa shape index (κ2) is 6.44. The van der Waals surface area contributed by atoms with Crippen LogP contribution in [0, 0.1) is 11.6 Å². The molecule has 4 heteroatoms. The fourth-order valence-corrected chi connectivity index (χ4v) is 2.52. The van der Waals surface area contributed by atoms with Gasteiger partial charge in [0.2, 0.25) is 0 Å². The van der Waals surface area contributed by atoms with Crippen LogP contribution in [0.25, 0.3) is 0 Å². The Balaban J connectivity index is 2.02. The first-order valence-corrected chi connectivity index (χ1v) is 6.97. The smallest absolute Gasteiger partial charge is 0.130 e. The lowest BCUT2D eigenvalue weighted by Crippen LogP contribution is -2.40. The SMILES string of the molecule is CC(C)N(Cc1ccc(F)cc1F)CC1CCCN1. The lowest BCUT2D eigenvalue weighted by atomic mass is 10.1. The van der Waals surface area contributed by atoms with E-state index in [0.29, 0.717) is 24.2 Å². The maximum absolute atomic E-state index is 13.7. The summed E-state index contributed by atoms with van der Waals surface area (Å²) in [7, 11) is 0. The predicted molar refractivity (Wildman–Crippen MR) is 72.9 cm³/mol. The van der Waals surface area contributed by atoms with Crippen LogP contribution in [0.2, 0.25) is 0 Å². The van der Waals surface area contributed by atoms with Gasteiger partial charge in [-0.05, 0) is 39.3 Å². The topological polar surface area (TPSA) is 15.3 Å². The van der Waals surface area contributed by atoms with Crippen LogP contribution in [0.15, 0.2) is 18.2 Å². The number of halogens is 2. The van der Waals surface area contributed by atoms with Gasteiger partial charge in [0.1, 0.15) is 11.6 Å². The third kappa shape index (κ3) is 3.98. The Bertz CT molecular complexity index is 415. The summed E-state index contributed by atoms with van der Waals surface area (Å²) >= 11 is 0. The molecular weight excluding hydrogens is 246 g/mol. The van der Waals surface area contributed by atoms with Crippen molar-refractivity contribution in [1.29, 1.82) is 0 Å². The van der Waals surface area contributed by atoms with Crippen LogP contribution >= 0.6 is 0 Å². The second-order valence-corrected chi connectivity index (χ2v) is 5.55. The Morgan fingerprint density at radius 3 is 2.74 bits per heavy atom.